The lowest BCUT2D eigenvalue weighted by Gasteiger charge is -2.09. The molecule has 140 valence electrons. The summed E-state index contributed by atoms with van der Waals surface area (Å²) in [5, 5.41) is 9.85. The Kier molecular flexibility index (Phi) is 6.04. The maximum absolute atomic E-state index is 12.6. The maximum atomic E-state index is 12.6. The van der Waals surface area contributed by atoms with Gasteiger partial charge in [0.2, 0.25) is 6.10 Å². The molecule has 1 aliphatic carbocycles. The number of aromatic nitrogens is 1. The second-order valence-corrected chi connectivity index (χ2v) is 10.5. The van der Waals surface area contributed by atoms with E-state index in [4.69, 9.17) is 9.47 Å². The van der Waals surface area contributed by atoms with Gasteiger partial charge in [0.15, 0.2) is 0 Å². The van der Waals surface area contributed by atoms with E-state index in [1.807, 2.05) is 56.3 Å². The van der Waals surface area contributed by atoms with Crippen molar-refractivity contribution in [3.8, 4) is 17.0 Å². The first-order valence-corrected chi connectivity index (χ1v) is 10.5. The van der Waals surface area contributed by atoms with Gasteiger partial charge in [0.25, 0.3) is 5.19 Å². The molecule has 1 fully saturated rings. The van der Waals surface area contributed by atoms with Crippen LogP contribution in [0.15, 0.2) is 46.0 Å². The van der Waals surface area contributed by atoms with Gasteiger partial charge in [0.1, 0.15) is 11.8 Å². The molecule has 0 aliphatic heterocycles. The van der Waals surface area contributed by atoms with Crippen LogP contribution in [0.1, 0.15) is 24.8 Å². The molecule has 0 radical (unpaired) electrons. The number of rotatable bonds is 6. The van der Waals surface area contributed by atoms with E-state index >= 15 is 0 Å². The molecular formula is C19H16Br2N2O3S. The van der Waals surface area contributed by atoms with Crippen LogP contribution in [-0.2, 0) is 9.53 Å². The summed E-state index contributed by atoms with van der Waals surface area (Å²) in [6.45, 7) is 4.01. The van der Waals surface area contributed by atoms with Crippen molar-refractivity contribution in [2.75, 3.05) is 0 Å². The van der Waals surface area contributed by atoms with Crippen molar-refractivity contribution < 1.29 is 14.3 Å². The molecule has 0 N–H and O–H groups in total. The Morgan fingerprint density at radius 3 is 2.70 bits per heavy atom. The van der Waals surface area contributed by atoms with Crippen molar-refractivity contribution in [3.63, 3.8) is 0 Å². The molecule has 0 saturated heterocycles. The van der Waals surface area contributed by atoms with Gasteiger partial charge in [-0.05, 0) is 55.3 Å². The number of ether oxygens (including phenoxy) is 2. The van der Waals surface area contributed by atoms with Gasteiger partial charge in [0.05, 0.1) is 14.2 Å². The van der Waals surface area contributed by atoms with Crippen LogP contribution in [0.4, 0.5) is 0 Å². The first-order valence-electron chi connectivity index (χ1n) is 8.14. The number of halogens is 2. The highest BCUT2D eigenvalue weighted by Crippen LogP contribution is 2.60. The number of nitriles is 1. The lowest BCUT2D eigenvalue weighted by Crippen LogP contribution is -2.14. The van der Waals surface area contributed by atoms with Crippen molar-refractivity contribution in [2.24, 2.45) is 17.3 Å². The average molecular weight is 512 g/mol. The minimum Gasteiger partial charge on any atom is -0.441 e. The molecule has 0 unspecified atom stereocenters. The van der Waals surface area contributed by atoms with Crippen LogP contribution in [-0.4, -0.2) is 11.0 Å². The summed E-state index contributed by atoms with van der Waals surface area (Å²) in [5.74, 6) is 0.0366. The van der Waals surface area contributed by atoms with Crippen molar-refractivity contribution in [3.05, 3.63) is 50.9 Å². The van der Waals surface area contributed by atoms with E-state index in [0.717, 1.165) is 3.39 Å². The highest BCUT2D eigenvalue weighted by atomic mass is 79.9. The molecule has 0 amide bonds. The van der Waals surface area contributed by atoms with E-state index in [9.17, 15) is 10.1 Å². The summed E-state index contributed by atoms with van der Waals surface area (Å²) in [7, 11) is 0. The van der Waals surface area contributed by atoms with E-state index in [1.54, 1.807) is 0 Å². The Bertz CT molecular complexity index is 901. The zero-order valence-electron chi connectivity index (χ0n) is 14.6. The molecule has 1 saturated carbocycles. The van der Waals surface area contributed by atoms with Crippen LogP contribution < -0.4 is 4.74 Å². The fourth-order valence-corrected chi connectivity index (χ4v) is 4.27. The van der Waals surface area contributed by atoms with Gasteiger partial charge in [-0.1, -0.05) is 49.5 Å². The largest absolute Gasteiger partial charge is 0.441 e. The number of hydrogen-bond donors (Lipinski definition) is 0. The fourth-order valence-electron chi connectivity index (χ4n) is 2.94. The summed E-state index contributed by atoms with van der Waals surface area (Å²) < 4.78 is 11.9. The van der Waals surface area contributed by atoms with Gasteiger partial charge < -0.3 is 9.47 Å². The minimum absolute atomic E-state index is 0.0523. The summed E-state index contributed by atoms with van der Waals surface area (Å²) in [5.41, 5.74) is -0.209. The van der Waals surface area contributed by atoms with Gasteiger partial charge >= 0.3 is 5.97 Å². The monoisotopic (exact) mass is 510 g/mol. The molecule has 2 aromatic rings. The number of hydrogen-bond acceptors (Lipinski definition) is 6. The molecular weight excluding hydrogens is 496 g/mol. The van der Waals surface area contributed by atoms with E-state index in [0.29, 0.717) is 15.8 Å². The summed E-state index contributed by atoms with van der Waals surface area (Å²) in [6, 6.07) is 11.3. The Hall–Kier alpha value is -1.69. The Morgan fingerprint density at radius 2 is 2.07 bits per heavy atom. The second kappa shape index (κ2) is 8.13. The summed E-state index contributed by atoms with van der Waals surface area (Å²) in [4.78, 5) is 17.3. The second-order valence-electron chi connectivity index (χ2n) is 6.67. The average Bonchev–Trinajstić information content (AvgIpc) is 2.95. The lowest BCUT2D eigenvalue weighted by atomic mass is 10.1. The Labute approximate surface area is 178 Å². The number of carbonyl (C=O) groups is 1. The number of para-hydroxylation sites is 1. The Balaban J connectivity index is 1.67. The van der Waals surface area contributed by atoms with Crippen LogP contribution in [0.5, 0.6) is 10.9 Å². The summed E-state index contributed by atoms with van der Waals surface area (Å²) in [6.07, 6.45) is 2.44. The predicted molar refractivity (Wildman–Crippen MR) is 110 cm³/mol. The molecule has 3 atom stereocenters. The standard InChI is InChI=1S/C19H16Br2N2O3S/c1-19(2)12(8-15(20)21)16(19)17(24)26-13(9-22)14-10-23-18(27-14)25-11-6-4-3-5-7-11/h3-8,10,12-13,16H,1-2H3/t12-,13+,16-/m0/s1. The van der Waals surface area contributed by atoms with Gasteiger partial charge in [-0.25, -0.2) is 4.98 Å². The minimum atomic E-state index is -1.00. The molecule has 1 aliphatic rings. The van der Waals surface area contributed by atoms with Crippen LogP contribution in [0.3, 0.4) is 0 Å². The fraction of sp³-hybridized carbons (Fsp3) is 0.316. The number of nitrogens with zero attached hydrogens (tertiary/aromatic N) is 2. The van der Waals surface area contributed by atoms with E-state index in [-0.39, 0.29) is 23.2 Å². The number of allylic oxidation sites excluding steroid dienone is 1. The van der Waals surface area contributed by atoms with Crippen molar-refractivity contribution >= 4 is 49.2 Å². The topological polar surface area (TPSA) is 72.2 Å². The van der Waals surface area contributed by atoms with Crippen LogP contribution in [0, 0.1) is 28.6 Å². The molecule has 1 aromatic carbocycles. The zero-order valence-corrected chi connectivity index (χ0v) is 18.5. The number of thiazole rings is 1. The smallest absolute Gasteiger partial charge is 0.311 e. The maximum Gasteiger partial charge on any atom is 0.311 e. The van der Waals surface area contributed by atoms with E-state index in [1.165, 1.54) is 17.5 Å². The highest BCUT2D eigenvalue weighted by molar-refractivity contribution is 9.28. The third-order valence-corrected chi connectivity index (χ3v) is 5.98. The quantitative estimate of drug-likeness (QED) is 0.448. The van der Waals surface area contributed by atoms with Crippen molar-refractivity contribution in [2.45, 2.75) is 20.0 Å². The lowest BCUT2D eigenvalue weighted by molar-refractivity contribution is -0.149. The van der Waals surface area contributed by atoms with E-state index in [2.05, 4.69) is 36.8 Å². The van der Waals surface area contributed by atoms with Gasteiger partial charge in [-0.15, -0.1) is 0 Å². The molecule has 8 heteroatoms. The Morgan fingerprint density at radius 1 is 1.37 bits per heavy atom. The summed E-state index contributed by atoms with van der Waals surface area (Å²) >= 11 is 7.84. The third kappa shape index (κ3) is 4.60. The van der Waals surface area contributed by atoms with Gasteiger partial charge in [0, 0.05) is 6.20 Å². The number of esters is 1. The van der Waals surface area contributed by atoms with E-state index < -0.39 is 6.10 Å². The van der Waals surface area contributed by atoms with Crippen LogP contribution >= 0.6 is 43.2 Å². The van der Waals surface area contributed by atoms with Crippen LogP contribution in [0.2, 0.25) is 0 Å². The first-order chi connectivity index (χ1) is 12.8. The van der Waals surface area contributed by atoms with Crippen LogP contribution in [0.25, 0.3) is 0 Å². The number of carbonyl (C=O) groups excluding carboxylic acids is 1. The third-order valence-electron chi connectivity index (χ3n) is 4.53. The first kappa shape index (κ1) is 20.1. The molecule has 5 nitrogen and oxygen atoms in total. The SMILES string of the molecule is CC1(C)[C@H](C(=O)O[C@H](C#N)c2cnc(Oc3ccccc3)s2)[C@@H]1C=C(Br)Br. The molecule has 3 rings (SSSR count). The van der Waals surface area contributed by atoms with Gasteiger partial charge in [-0.3, -0.25) is 4.79 Å². The highest BCUT2D eigenvalue weighted by Gasteiger charge is 2.61. The van der Waals surface area contributed by atoms with Gasteiger partial charge in [-0.2, -0.15) is 5.26 Å². The van der Waals surface area contributed by atoms with Crippen molar-refractivity contribution in [1.29, 1.82) is 5.26 Å². The normalized spacial score (nSPS) is 20.9. The molecule has 27 heavy (non-hydrogen) atoms. The molecule has 1 aromatic heterocycles. The van der Waals surface area contributed by atoms with Crippen molar-refractivity contribution in [1.82, 2.24) is 4.98 Å². The predicted octanol–water partition coefficient (Wildman–Crippen LogP) is 5.95. The molecule has 0 bridgehead atoms. The molecule has 0 spiro atoms. The zero-order chi connectivity index (χ0) is 19.6. The number of benzene rings is 1. The molecule has 1 heterocycles.